The molecule has 20 heavy (non-hydrogen) atoms. The molecule has 2 atom stereocenters. The molecule has 0 bridgehead atoms. The zero-order valence-corrected chi connectivity index (χ0v) is 12.3. The highest BCUT2D eigenvalue weighted by molar-refractivity contribution is 5.67. The van der Waals surface area contributed by atoms with E-state index in [9.17, 15) is 9.59 Å². The molecule has 0 aromatic carbocycles. The summed E-state index contributed by atoms with van der Waals surface area (Å²) >= 11 is 0. The van der Waals surface area contributed by atoms with Crippen molar-refractivity contribution in [3.63, 3.8) is 0 Å². The van der Waals surface area contributed by atoms with Gasteiger partial charge in [-0.15, -0.1) is 0 Å². The van der Waals surface area contributed by atoms with Crippen LogP contribution in [0.1, 0.15) is 55.6 Å². The van der Waals surface area contributed by atoms with Gasteiger partial charge in [0.15, 0.2) is 0 Å². The average Bonchev–Trinajstić information content (AvgIpc) is 3.07. The number of carboxylic acid groups (broad SMARTS) is 1. The van der Waals surface area contributed by atoms with E-state index in [0.29, 0.717) is 18.0 Å². The van der Waals surface area contributed by atoms with Crippen molar-refractivity contribution in [2.45, 2.75) is 58.9 Å². The van der Waals surface area contributed by atoms with Gasteiger partial charge in [0, 0.05) is 23.9 Å². The number of aromatic nitrogens is 2. The van der Waals surface area contributed by atoms with E-state index in [1.807, 2.05) is 6.92 Å². The van der Waals surface area contributed by atoms with Crippen LogP contribution in [0.15, 0.2) is 4.79 Å². The Morgan fingerprint density at radius 1 is 1.45 bits per heavy atom. The van der Waals surface area contributed by atoms with Gasteiger partial charge in [0.25, 0.3) is 0 Å². The minimum absolute atomic E-state index is 0.0740. The Morgan fingerprint density at radius 3 is 2.75 bits per heavy atom. The molecule has 5 heteroatoms. The van der Waals surface area contributed by atoms with Crippen molar-refractivity contribution in [2.75, 3.05) is 0 Å². The molecule has 2 rings (SSSR count). The van der Waals surface area contributed by atoms with E-state index in [4.69, 9.17) is 5.11 Å². The minimum Gasteiger partial charge on any atom is -0.481 e. The van der Waals surface area contributed by atoms with E-state index in [1.54, 1.807) is 11.5 Å². The molecule has 110 valence electrons. The fraction of sp³-hybridized carbons (Fsp3) is 0.667. The van der Waals surface area contributed by atoms with Crippen LogP contribution in [0.4, 0.5) is 0 Å². The lowest BCUT2D eigenvalue weighted by Gasteiger charge is -2.15. The van der Waals surface area contributed by atoms with Gasteiger partial charge in [-0.2, -0.15) is 4.98 Å². The number of nitrogens with zero attached hydrogens (tertiary/aromatic N) is 2. The van der Waals surface area contributed by atoms with Gasteiger partial charge in [-0.25, -0.2) is 4.79 Å². The summed E-state index contributed by atoms with van der Waals surface area (Å²) in [6, 6.07) is 0.263. The third-order valence-corrected chi connectivity index (χ3v) is 4.17. The highest BCUT2D eigenvalue weighted by Crippen LogP contribution is 2.46. The molecule has 1 aliphatic rings. The Morgan fingerprint density at radius 2 is 2.15 bits per heavy atom. The van der Waals surface area contributed by atoms with Crippen molar-refractivity contribution in [2.24, 2.45) is 5.92 Å². The largest absolute Gasteiger partial charge is 0.481 e. The highest BCUT2D eigenvalue weighted by atomic mass is 16.4. The smallest absolute Gasteiger partial charge is 0.348 e. The first-order valence-corrected chi connectivity index (χ1v) is 7.26. The molecule has 1 N–H and O–H groups in total. The summed E-state index contributed by atoms with van der Waals surface area (Å²) in [5, 5.41) is 8.83. The molecule has 0 saturated heterocycles. The Bertz CT molecular complexity index is 577. The third-order valence-electron chi connectivity index (χ3n) is 4.17. The normalized spacial score (nSPS) is 20.9. The molecule has 0 spiro atoms. The van der Waals surface area contributed by atoms with Gasteiger partial charge in [0.05, 0.1) is 0 Å². The first kappa shape index (κ1) is 14.8. The lowest BCUT2D eigenvalue weighted by Crippen LogP contribution is -2.27. The lowest BCUT2D eigenvalue weighted by molar-refractivity contribution is -0.136. The van der Waals surface area contributed by atoms with E-state index in [2.05, 4.69) is 11.9 Å². The molecule has 1 aromatic rings. The number of rotatable bonds is 6. The van der Waals surface area contributed by atoms with Crippen LogP contribution < -0.4 is 5.69 Å². The fourth-order valence-electron chi connectivity index (χ4n) is 3.03. The fourth-order valence-corrected chi connectivity index (χ4v) is 3.03. The van der Waals surface area contributed by atoms with E-state index >= 15 is 0 Å². The zero-order valence-electron chi connectivity index (χ0n) is 12.3. The molecule has 0 amide bonds. The second kappa shape index (κ2) is 5.77. The van der Waals surface area contributed by atoms with Gasteiger partial charge in [-0.05, 0) is 44.6 Å². The number of carboxylic acids is 1. The second-order valence-electron chi connectivity index (χ2n) is 5.66. The molecule has 1 fully saturated rings. The lowest BCUT2D eigenvalue weighted by atomic mass is 10.1. The maximum atomic E-state index is 12.1. The van der Waals surface area contributed by atoms with E-state index < -0.39 is 5.97 Å². The van der Waals surface area contributed by atoms with Crippen LogP contribution in [0.25, 0.3) is 0 Å². The summed E-state index contributed by atoms with van der Waals surface area (Å²) in [5.74, 6) is -0.245. The predicted molar refractivity (Wildman–Crippen MR) is 76.0 cm³/mol. The molecule has 1 heterocycles. The summed E-state index contributed by atoms with van der Waals surface area (Å²) < 4.78 is 1.78. The number of carbonyl (C=O) groups is 1. The van der Waals surface area contributed by atoms with Crippen LogP contribution in [0.5, 0.6) is 0 Å². The van der Waals surface area contributed by atoms with Crippen molar-refractivity contribution < 1.29 is 9.90 Å². The molecular weight excluding hydrogens is 256 g/mol. The standard InChI is InChI=1S/C15H22N2O3/c1-4-5-11-8-13(11)17-10(3)12(6-7-14(18)19)9(2)16-15(17)20/h11,13H,4-8H2,1-3H3,(H,18,19). The van der Waals surface area contributed by atoms with Crippen molar-refractivity contribution in [3.8, 4) is 0 Å². The van der Waals surface area contributed by atoms with E-state index in [1.165, 1.54) is 0 Å². The number of aliphatic carboxylic acids is 1. The number of hydrogen-bond donors (Lipinski definition) is 1. The van der Waals surface area contributed by atoms with Gasteiger partial charge >= 0.3 is 11.7 Å². The Hall–Kier alpha value is -1.65. The van der Waals surface area contributed by atoms with Crippen molar-refractivity contribution >= 4 is 5.97 Å². The minimum atomic E-state index is -0.822. The molecule has 1 aliphatic carbocycles. The van der Waals surface area contributed by atoms with E-state index in [-0.39, 0.29) is 18.2 Å². The van der Waals surface area contributed by atoms with Crippen LogP contribution in [0, 0.1) is 19.8 Å². The highest BCUT2D eigenvalue weighted by Gasteiger charge is 2.39. The number of hydrogen-bond acceptors (Lipinski definition) is 3. The van der Waals surface area contributed by atoms with Crippen LogP contribution in [0.3, 0.4) is 0 Å². The molecular formula is C15H22N2O3. The Labute approximate surface area is 118 Å². The second-order valence-corrected chi connectivity index (χ2v) is 5.66. The van der Waals surface area contributed by atoms with E-state index in [0.717, 1.165) is 30.5 Å². The Balaban J connectivity index is 2.31. The summed E-state index contributed by atoms with van der Waals surface area (Å²) in [6.07, 6.45) is 3.81. The predicted octanol–water partition coefficient (Wildman–Crippen LogP) is 2.24. The van der Waals surface area contributed by atoms with Crippen LogP contribution >= 0.6 is 0 Å². The Kier molecular flexibility index (Phi) is 4.26. The van der Waals surface area contributed by atoms with Gasteiger partial charge in [-0.1, -0.05) is 13.3 Å². The molecule has 1 aromatic heterocycles. The quantitative estimate of drug-likeness (QED) is 0.866. The van der Waals surface area contributed by atoms with Crippen LogP contribution in [0.2, 0.25) is 0 Å². The SMILES string of the molecule is CCCC1CC1n1c(C)c(CCC(=O)O)c(C)nc1=O. The first-order chi connectivity index (χ1) is 9.45. The zero-order chi connectivity index (χ0) is 14.9. The maximum absolute atomic E-state index is 12.1. The molecule has 5 nitrogen and oxygen atoms in total. The van der Waals surface area contributed by atoms with Crippen molar-refractivity contribution in [3.05, 3.63) is 27.4 Å². The summed E-state index contributed by atoms with van der Waals surface area (Å²) in [5.41, 5.74) is 2.28. The summed E-state index contributed by atoms with van der Waals surface area (Å²) in [4.78, 5) is 26.9. The van der Waals surface area contributed by atoms with Gasteiger partial charge in [-0.3, -0.25) is 9.36 Å². The van der Waals surface area contributed by atoms with Gasteiger partial charge in [0.1, 0.15) is 0 Å². The monoisotopic (exact) mass is 278 g/mol. The third kappa shape index (κ3) is 2.92. The van der Waals surface area contributed by atoms with Crippen LogP contribution in [-0.4, -0.2) is 20.6 Å². The topological polar surface area (TPSA) is 72.2 Å². The molecule has 0 radical (unpaired) electrons. The molecule has 2 unspecified atom stereocenters. The van der Waals surface area contributed by atoms with Crippen LogP contribution in [-0.2, 0) is 11.2 Å². The van der Waals surface area contributed by atoms with Gasteiger partial charge in [0.2, 0.25) is 0 Å². The first-order valence-electron chi connectivity index (χ1n) is 7.26. The van der Waals surface area contributed by atoms with Gasteiger partial charge < -0.3 is 5.11 Å². The van der Waals surface area contributed by atoms with Crippen molar-refractivity contribution in [1.29, 1.82) is 0 Å². The molecule has 1 saturated carbocycles. The summed E-state index contributed by atoms with van der Waals surface area (Å²) in [6.45, 7) is 5.84. The summed E-state index contributed by atoms with van der Waals surface area (Å²) in [7, 11) is 0. The van der Waals surface area contributed by atoms with Crippen molar-refractivity contribution in [1.82, 2.24) is 9.55 Å². The molecule has 0 aliphatic heterocycles. The number of aryl methyl sites for hydroxylation is 1. The maximum Gasteiger partial charge on any atom is 0.348 e. The average molecular weight is 278 g/mol.